The highest BCUT2D eigenvalue weighted by molar-refractivity contribution is 6.32. The molecule has 0 N–H and O–H groups in total. The SMILES string of the molecule is COc1cc(/C=C/[N+](=O)[O-])ccc1OC(=O)CCCOc1cc(C)c(Cl)c(C)c1. The summed E-state index contributed by atoms with van der Waals surface area (Å²) in [6.07, 6.45) is 2.79. The molecule has 0 aliphatic heterocycles. The highest BCUT2D eigenvalue weighted by Gasteiger charge is 2.11. The Hall–Kier alpha value is -3.06. The number of nitro groups is 1. The minimum absolute atomic E-state index is 0.164. The number of aryl methyl sites for hydroxylation is 2. The summed E-state index contributed by atoms with van der Waals surface area (Å²) >= 11 is 6.13. The van der Waals surface area contributed by atoms with E-state index in [0.717, 1.165) is 22.3 Å². The van der Waals surface area contributed by atoms with Crippen molar-refractivity contribution in [3.8, 4) is 17.2 Å². The molecule has 2 aromatic carbocycles. The Kier molecular flexibility index (Phi) is 8.03. The van der Waals surface area contributed by atoms with Crippen molar-refractivity contribution in [1.82, 2.24) is 0 Å². The zero-order valence-corrected chi connectivity index (χ0v) is 17.2. The highest BCUT2D eigenvalue weighted by atomic mass is 35.5. The van der Waals surface area contributed by atoms with Crippen molar-refractivity contribution >= 4 is 23.6 Å². The van der Waals surface area contributed by atoms with Gasteiger partial charge in [-0.05, 0) is 61.2 Å². The van der Waals surface area contributed by atoms with Gasteiger partial charge in [0, 0.05) is 17.5 Å². The molecule has 0 aliphatic rings. The van der Waals surface area contributed by atoms with Crippen LogP contribution in [0.5, 0.6) is 17.2 Å². The Balaban J connectivity index is 1.86. The van der Waals surface area contributed by atoms with Crippen LogP contribution < -0.4 is 14.2 Å². The largest absolute Gasteiger partial charge is 0.494 e. The number of carbonyl (C=O) groups excluding carboxylic acids is 1. The molecule has 0 spiro atoms. The van der Waals surface area contributed by atoms with E-state index in [-0.39, 0.29) is 12.2 Å². The van der Waals surface area contributed by atoms with Crippen molar-refractivity contribution in [3.63, 3.8) is 0 Å². The quantitative estimate of drug-likeness (QED) is 0.187. The molecule has 0 saturated carbocycles. The summed E-state index contributed by atoms with van der Waals surface area (Å²) in [4.78, 5) is 21.9. The predicted octanol–water partition coefficient (Wildman–Crippen LogP) is 4.98. The van der Waals surface area contributed by atoms with Crippen LogP contribution in [0.25, 0.3) is 6.08 Å². The molecule has 0 aromatic heterocycles. The molecule has 8 heteroatoms. The van der Waals surface area contributed by atoms with Gasteiger partial charge in [-0.1, -0.05) is 17.7 Å². The van der Waals surface area contributed by atoms with Crippen LogP contribution in [0, 0.1) is 24.0 Å². The van der Waals surface area contributed by atoms with Crippen molar-refractivity contribution in [2.24, 2.45) is 0 Å². The van der Waals surface area contributed by atoms with E-state index in [9.17, 15) is 14.9 Å². The second-order valence-corrected chi connectivity index (χ2v) is 6.69. The molecule has 0 atom stereocenters. The van der Waals surface area contributed by atoms with Gasteiger partial charge in [0.2, 0.25) is 6.20 Å². The van der Waals surface area contributed by atoms with Gasteiger partial charge in [-0.15, -0.1) is 0 Å². The van der Waals surface area contributed by atoms with Crippen LogP contribution in [-0.4, -0.2) is 24.6 Å². The van der Waals surface area contributed by atoms with Crippen LogP contribution >= 0.6 is 11.6 Å². The summed E-state index contributed by atoms with van der Waals surface area (Å²) in [6, 6.07) is 8.39. The molecule has 0 heterocycles. The van der Waals surface area contributed by atoms with Crippen LogP contribution in [0.15, 0.2) is 36.5 Å². The van der Waals surface area contributed by atoms with Gasteiger partial charge in [-0.3, -0.25) is 14.9 Å². The number of rotatable bonds is 9. The maximum Gasteiger partial charge on any atom is 0.311 e. The minimum atomic E-state index is -0.560. The van der Waals surface area contributed by atoms with Gasteiger partial charge in [0.1, 0.15) is 5.75 Å². The van der Waals surface area contributed by atoms with Crippen LogP contribution in [0.2, 0.25) is 5.02 Å². The molecule has 0 radical (unpaired) electrons. The standard InChI is InChI=1S/C21H22ClNO6/c1-14-11-17(12-15(2)21(14)22)28-10-4-5-20(24)29-18-7-6-16(8-9-23(25)26)13-19(18)27-3/h6-9,11-13H,4-5,10H2,1-3H3/b9-8+. The van der Waals surface area contributed by atoms with E-state index in [4.69, 9.17) is 25.8 Å². The van der Waals surface area contributed by atoms with Gasteiger partial charge in [0.05, 0.1) is 18.6 Å². The van der Waals surface area contributed by atoms with E-state index in [2.05, 4.69) is 0 Å². The maximum absolute atomic E-state index is 12.1. The van der Waals surface area contributed by atoms with E-state index in [1.807, 2.05) is 26.0 Å². The van der Waals surface area contributed by atoms with E-state index in [1.165, 1.54) is 19.3 Å². The normalized spacial score (nSPS) is 10.8. The van der Waals surface area contributed by atoms with Crippen LogP contribution in [0.1, 0.15) is 29.5 Å². The molecule has 154 valence electrons. The Morgan fingerprint density at radius 3 is 2.48 bits per heavy atom. The molecule has 2 aromatic rings. The number of halogens is 1. The molecule has 0 bridgehead atoms. The Labute approximate surface area is 174 Å². The second kappa shape index (κ2) is 10.5. The first-order valence-corrected chi connectivity index (χ1v) is 9.28. The molecule has 0 saturated heterocycles. The smallest absolute Gasteiger partial charge is 0.311 e. The first-order chi connectivity index (χ1) is 13.8. The summed E-state index contributed by atoms with van der Waals surface area (Å²) in [5.74, 6) is 0.842. The second-order valence-electron chi connectivity index (χ2n) is 6.31. The van der Waals surface area contributed by atoms with Gasteiger partial charge >= 0.3 is 5.97 Å². The average molecular weight is 420 g/mol. The first-order valence-electron chi connectivity index (χ1n) is 8.90. The van der Waals surface area contributed by atoms with Crippen molar-refractivity contribution in [2.75, 3.05) is 13.7 Å². The summed E-state index contributed by atoms with van der Waals surface area (Å²) in [5, 5.41) is 11.1. The topological polar surface area (TPSA) is 87.9 Å². The highest BCUT2D eigenvalue weighted by Crippen LogP contribution is 2.29. The Bertz CT molecular complexity index is 902. The number of nitrogens with zero attached hydrogens (tertiary/aromatic N) is 1. The lowest BCUT2D eigenvalue weighted by atomic mass is 10.1. The Morgan fingerprint density at radius 2 is 1.86 bits per heavy atom. The van der Waals surface area contributed by atoms with Gasteiger partial charge in [-0.2, -0.15) is 0 Å². The van der Waals surface area contributed by atoms with Crippen LogP contribution in [0.3, 0.4) is 0 Å². The lowest BCUT2D eigenvalue weighted by molar-refractivity contribution is -0.400. The molecule has 2 rings (SSSR count). The molecule has 0 amide bonds. The molecule has 0 unspecified atom stereocenters. The number of methoxy groups -OCH3 is 1. The maximum atomic E-state index is 12.1. The van der Waals surface area contributed by atoms with Gasteiger partial charge < -0.3 is 14.2 Å². The average Bonchev–Trinajstić information content (AvgIpc) is 2.68. The predicted molar refractivity (Wildman–Crippen MR) is 110 cm³/mol. The summed E-state index contributed by atoms with van der Waals surface area (Å²) in [7, 11) is 1.43. The van der Waals surface area contributed by atoms with Gasteiger partial charge in [-0.25, -0.2) is 0 Å². The number of ether oxygens (including phenoxy) is 3. The number of esters is 1. The fourth-order valence-corrected chi connectivity index (χ4v) is 2.70. The van der Waals surface area contributed by atoms with Gasteiger partial charge in [0.15, 0.2) is 11.5 Å². The lowest BCUT2D eigenvalue weighted by Gasteiger charge is -2.11. The van der Waals surface area contributed by atoms with E-state index >= 15 is 0 Å². The monoisotopic (exact) mass is 419 g/mol. The fourth-order valence-electron chi connectivity index (χ4n) is 2.59. The molecule has 0 fully saturated rings. The molecule has 7 nitrogen and oxygen atoms in total. The molecular weight excluding hydrogens is 398 g/mol. The molecule has 29 heavy (non-hydrogen) atoms. The van der Waals surface area contributed by atoms with Gasteiger partial charge in [0.25, 0.3) is 0 Å². The van der Waals surface area contributed by atoms with Crippen LogP contribution in [0.4, 0.5) is 0 Å². The fraction of sp³-hybridized carbons (Fsp3) is 0.286. The first kappa shape index (κ1) is 22.2. The van der Waals surface area contributed by atoms with Crippen LogP contribution in [-0.2, 0) is 4.79 Å². The van der Waals surface area contributed by atoms with Crippen molar-refractivity contribution in [1.29, 1.82) is 0 Å². The van der Waals surface area contributed by atoms with Crippen molar-refractivity contribution in [2.45, 2.75) is 26.7 Å². The van der Waals surface area contributed by atoms with E-state index in [0.29, 0.717) is 30.1 Å². The summed E-state index contributed by atoms with van der Waals surface area (Å²) in [5.41, 5.74) is 2.43. The number of hydrogen-bond donors (Lipinski definition) is 0. The van der Waals surface area contributed by atoms with Crippen molar-refractivity contribution in [3.05, 3.63) is 68.4 Å². The molecule has 0 aliphatic carbocycles. The number of carbonyl (C=O) groups is 1. The zero-order valence-electron chi connectivity index (χ0n) is 16.4. The third-order valence-electron chi connectivity index (χ3n) is 4.00. The third-order valence-corrected chi connectivity index (χ3v) is 4.60. The Morgan fingerprint density at radius 1 is 1.17 bits per heavy atom. The number of benzene rings is 2. The third kappa shape index (κ3) is 6.80. The minimum Gasteiger partial charge on any atom is -0.494 e. The summed E-state index contributed by atoms with van der Waals surface area (Å²) < 4.78 is 16.2. The zero-order chi connectivity index (χ0) is 21.4. The lowest BCUT2D eigenvalue weighted by Crippen LogP contribution is -2.10. The van der Waals surface area contributed by atoms with E-state index < -0.39 is 10.9 Å². The molecular formula is C21H22ClNO6. The van der Waals surface area contributed by atoms with Crippen molar-refractivity contribution < 1.29 is 23.9 Å². The number of hydrogen-bond acceptors (Lipinski definition) is 6. The van der Waals surface area contributed by atoms with E-state index in [1.54, 1.807) is 12.1 Å². The summed E-state index contributed by atoms with van der Waals surface area (Å²) in [6.45, 7) is 4.17.